The van der Waals surface area contributed by atoms with Crippen molar-refractivity contribution in [3.8, 4) is 6.01 Å². The van der Waals surface area contributed by atoms with Gasteiger partial charge in [0.2, 0.25) is 0 Å². The van der Waals surface area contributed by atoms with Gasteiger partial charge in [-0.2, -0.15) is 0 Å². The lowest BCUT2D eigenvalue weighted by molar-refractivity contribution is -0.0831. The van der Waals surface area contributed by atoms with Gasteiger partial charge in [-0.15, -0.1) is 0 Å². The molecule has 12 heavy (non-hydrogen) atoms. The fraction of sp³-hybridized carbons (Fsp3) is 0.500. The minimum absolute atomic E-state index is 0.146. The highest BCUT2D eigenvalue weighted by molar-refractivity contribution is 5.04. The molecule has 1 aliphatic heterocycles. The summed E-state index contributed by atoms with van der Waals surface area (Å²) >= 11 is 0. The van der Waals surface area contributed by atoms with Gasteiger partial charge in [0.05, 0.1) is 13.2 Å². The maximum Gasteiger partial charge on any atom is 0.316 e. The highest BCUT2D eigenvalue weighted by Crippen LogP contribution is 2.09. The Labute approximate surface area is 70.6 Å². The number of hydrogen-bond acceptors (Lipinski definition) is 4. The van der Waals surface area contributed by atoms with E-state index in [1.807, 2.05) is 6.92 Å². The lowest BCUT2D eigenvalue weighted by Crippen LogP contribution is -2.38. The summed E-state index contributed by atoms with van der Waals surface area (Å²) in [6.45, 7) is 3.24. The van der Waals surface area contributed by atoms with Crippen LogP contribution in [0.25, 0.3) is 0 Å². The Morgan fingerprint density at radius 1 is 1.42 bits per heavy atom. The molecule has 0 saturated carbocycles. The summed E-state index contributed by atoms with van der Waals surface area (Å²) in [5.74, 6) is 0. The number of aromatic nitrogens is 2. The highest BCUT2D eigenvalue weighted by atomic mass is 16.6. The second-order valence-corrected chi connectivity index (χ2v) is 2.82. The van der Waals surface area contributed by atoms with Crippen LogP contribution in [0.5, 0.6) is 6.01 Å². The van der Waals surface area contributed by atoms with E-state index < -0.39 is 0 Å². The Balaban J connectivity index is 1.98. The van der Waals surface area contributed by atoms with Crippen molar-refractivity contribution < 1.29 is 9.47 Å². The first kappa shape index (κ1) is 7.49. The van der Waals surface area contributed by atoms with Crippen molar-refractivity contribution in [1.82, 2.24) is 9.97 Å². The molecule has 1 aromatic rings. The fourth-order valence-corrected chi connectivity index (χ4v) is 0.873. The number of rotatable bonds is 2. The molecule has 0 spiro atoms. The van der Waals surface area contributed by atoms with Crippen LogP contribution in [0.3, 0.4) is 0 Å². The van der Waals surface area contributed by atoms with Gasteiger partial charge in [-0.1, -0.05) is 0 Å². The fourth-order valence-electron chi connectivity index (χ4n) is 0.873. The first-order chi connectivity index (χ1) is 5.84. The van der Waals surface area contributed by atoms with Crippen molar-refractivity contribution >= 4 is 0 Å². The monoisotopic (exact) mass is 166 g/mol. The van der Waals surface area contributed by atoms with Crippen LogP contribution in [0.2, 0.25) is 0 Å². The third-order valence-corrected chi connectivity index (χ3v) is 1.64. The molecule has 0 aromatic carbocycles. The van der Waals surface area contributed by atoms with E-state index in [9.17, 15) is 0 Å². The Bertz CT molecular complexity index is 256. The normalized spacial score (nSPS) is 17.1. The Kier molecular flexibility index (Phi) is 1.91. The van der Waals surface area contributed by atoms with E-state index in [0.29, 0.717) is 19.2 Å². The van der Waals surface area contributed by atoms with Crippen LogP contribution < -0.4 is 4.74 Å². The molecular weight excluding hydrogens is 156 g/mol. The Hall–Kier alpha value is -1.16. The van der Waals surface area contributed by atoms with Gasteiger partial charge in [0, 0.05) is 12.4 Å². The highest BCUT2D eigenvalue weighted by Gasteiger charge is 2.20. The van der Waals surface area contributed by atoms with Crippen molar-refractivity contribution in [2.75, 3.05) is 13.2 Å². The van der Waals surface area contributed by atoms with Gasteiger partial charge in [-0.05, 0) is 12.5 Å². The molecule has 1 aliphatic rings. The summed E-state index contributed by atoms with van der Waals surface area (Å²) in [5, 5.41) is 0. The zero-order valence-electron chi connectivity index (χ0n) is 6.86. The second kappa shape index (κ2) is 3.06. The van der Waals surface area contributed by atoms with Crippen LogP contribution in [-0.2, 0) is 4.74 Å². The van der Waals surface area contributed by atoms with Crippen molar-refractivity contribution in [3.05, 3.63) is 18.0 Å². The predicted octanol–water partition coefficient (Wildman–Crippen LogP) is 0.563. The molecule has 0 N–H and O–H groups in total. The molecule has 1 saturated heterocycles. The molecule has 64 valence electrons. The van der Waals surface area contributed by atoms with Crippen LogP contribution in [0.4, 0.5) is 0 Å². The van der Waals surface area contributed by atoms with E-state index in [1.54, 1.807) is 12.4 Å². The summed E-state index contributed by atoms with van der Waals surface area (Å²) in [5.41, 5.74) is 1.03. The number of hydrogen-bond donors (Lipinski definition) is 0. The van der Waals surface area contributed by atoms with Crippen LogP contribution in [-0.4, -0.2) is 29.3 Å². The molecule has 1 aromatic heterocycles. The quantitative estimate of drug-likeness (QED) is 0.644. The topological polar surface area (TPSA) is 44.2 Å². The summed E-state index contributed by atoms with van der Waals surface area (Å²) in [7, 11) is 0. The number of aryl methyl sites for hydroxylation is 1. The van der Waals surface area contributed by atoms with Gasteiger partial charge >= 0.3 is 6.01 Å². The minimum atomic E-state index is 0.146. The second-order valence-electron chi connectivity index (χ2n) is 2.82. The van der Waals surface area contributed by atoms with E-state index in [0.717, 1.165) is 5.56 Å². The van der Waals surface area contributed by atoms with Crippen molar-refractivity contribution in [1.29, 1.82) is 0 Å². The smallest absolute Gasteiger partial charge is 0.316 e. The summed E-state index contributed by atoms with van der Waals surface area (Å²) < 4.78 is 10.3. The lowest BCUT2D eigenvalue weighted by Gasteiger charge is -2.25. The van der Waals surface area contributed by atoms with Gasteiger partial charge in [-0.25, -0.2) is 9.97 Å². The van der Waals surface area contributed by atoms with Gasteiger partial charge in [0.15, 0.2) is 0 Å². The van der Waals surface area contributed by atoms with Crippen LogP contribution >= 0.6 is 0 Å². The molecule has 0 aliphatic carbocycles. The van der Waals surface area contributed by atoms with Crippen LogP contribution in [0, 0.1) is 6.92 Å². The Morgan fingerprint density at radius 3 is 2.58 bits per heavy atom. The van der Waals surface area contributed by atoms with Crippen molar-refractivity contribution in [2.24, 2.45) is 0 Å². The third-order valence-electron chi connectivity index (χ3n) is 1.64. The lowest BCUT2D eigenvalue weighted by atomic mass is 10.3. The molecule has 1 fully saturated rings. The molecule has 4 heteroatoms. The van der Waals surface area contributed by atoms with Crippen LogP contribution in [0.1, 0.15) is 5.56 Å². The van der Waals surface area contributed by atoms with E-state index in [4.69, 9.17) is 9.47 Å². The van der Waals surface area contributed by atoms with E-state index >= 15 is 0 Å². The molecule has 0 radical (unpaired) electrons. The van der Waals surface area contributed by atoms with Gasteiger partial charge < -0.3 is 9.47 Å². The largest absolute Gasteiger partial charge is 0.455 e. The average Bonchev–Trinajstić information content (AvgIpc) is 2.00. The molecule has 0 bridgehead atoms. The molecule has 2 rings (SSSR count). The maximum absolute atomic E-state index is 5.36. The molecular formula is C8H10N2O2. The summed E-state index contributed by atoms with van der Waals surface area (Å²) in [4.78, 5) is 8.02. The average molecular weight is 166 g/mol. The Morgan fingerprint density at radius 2 is 2.08 bits per heavy atom. The predicted molar refractivity (Wildman–Crippen MR) is 42.0 cm³/mol. The summed E-state index contributed by atoms with van der Waals surface area (Å²) in [6.07, 6.45) is 3.62. The number of nitrogens with zero attached hydrogens (tertiary/aromatic N) is 2. The first-order valence-electron chi connectivity index (χ1n) is 3.87. The first-order valence-corrected chi connectivity index (χ1v) is 3.87. The molecule has 2 heterocycles. The SMILES string of the molecule is Cc1cnc(OC2COC2)nc1. The van der Waals surface area contributed by atoms with Crippen molar-refractivity contribution in [2.45, 2.75) is 13.0 Å². The van der Waals surface area contributed by atoms with E-state index in [-0.39, 0.29) is 6.10 Å². The van der Waals surface area contributed by atoms with Gasteiger partial charge in [-0.3, -0.25) is 0 Å². The van der Waals surface area contributed by atoms with Gasteiger partial charge in [0.1, 0.15) is 6.10 Å². The minimum Gasteiger partial charge on any atom is -0.455 e. The standard InChI is InChI=1S/C8H10N2O2/c1-6-2-9-8(10-3-6)12-7-4-11-5-7/h2-3,7H,4-5H2,1H3. The molecule has 0 amide bonds. The molecule has 0 atom stereocenters. The zero-order chi connectivity index (χ0) is 8.39. The summed E-state index contributed by atoms with van der Waals surface area (Å²) in [6, 6.07) is 0.439. The number of ether oxygens (including phenoxy) is 2. The third kappa shape index (κ3) is 1.53. The maximum atomic E-state index is 5.36. The van der Waals surface area contributed by atoms with Crippen molar-refractivity contribution in [3.63, 3.8) is 0 Å². The zero-order valence-corrected chi connectivity index (χ0v) is 6.86. The molecule has 4 nitrogen and oxygen atoms in total. The van der Waals surface area contributed by atoms with Crippen LogP contribution in [0.15, 0.2) is 12.4 Å². The van der Waals surface area contributed by atoms with Gasteiger partial charge in [0.25, 0.3) is 0 Å². The molecule has 0 unspecified atom stereocenters. The van der Waals surface area contributed by atoms with E-state index in [1.165, 1.54) is 0 Å². The van der Waals surface area contributed by atoms with E-state index in [2.05, 4.69) is 9.97 Å².